The van der Waals surface area contributed by atoms with E-state index in [1.165, 1.54) is 6.07 Å². The molecule has 0 aliphatic heterocycles. The van der Waals surface area contributed by atoms with Crippen molar-refractivity contribution in [3.63, 3.8) is 0 Å². The van der Waals surface area contributed by atoms with Crippen molar-refractivity contribution in [3.05, 3.63) is 41.0 Å². The second kappa shape index (κ2) is 8.26. The molecule has 0 aliphatic carbocycles. The van der Waals surface area contributed by atoms with Gasteiger partial charge >= 0.3 is 5.97 Å². The largest absolute Gasteiger partial charge is 0.452 e. The lowest BCUT2D eigenvalue weighted by molar-refractivity contribution is -0.127. The summed E-state index contributed by atoms with van der Waals surface area (Å²) in [4.78, 5) is 39.1. The number of amides is 2. The fourth-order valence-electron chi connectivity index (χ4n) is 2.01. The Morgan fingerprint density at radius 2 is 1.92 bits per heavy atom. The van der Waals surface area contributed by atoms with Crippen molar-refractivity contribution in [2.75, 3.05) is 19.7 Å². The predicted octanol–water partition coefficient (Wildman–Crippen LogP) is 1.30. The van der Waals surface area contributed by atoms with Crippen molar-refractivity contribution >= 4 is 40.3 Å². The lowest BCUT2D eigenvalue weighted by atomic mass is 10.1. The first kappa shape index (κ1) is 17.7. The van der Waals surface area contributed by atoms with Gasteiger partial charge in [-0.3, -0.25) is 9.59 Å². The van der Waals surface area contributed by atoms with Gasteiger partial charge in [0.25, 0.3) is 5.91 Å². The zero-order chi connectivity index (χ0) is 17.5. The first-order valence-electron chi connectivity index (χ1n) is 7.27. The van der Waals surface area contributed by atoms with E-state index in [2.05, 4.69) is 15.6 Å². The van der Waals surface area contributed by atoms with Crippen LogP contribution in [0.15, 0.2) is 30.3 Å². The number of ether oxygens (including phenoxy) is 1. The summed E-state index contributed by atoms with van der Waals surface area (Å²) in [6.45, 7) is 1.58. The number of benzene rings is 1. The minimum atomic E-state index is -0.691. The molecule has 24 heavy (non-hydrogen) atoms. The van der Waals surface area contributed by atoms with Crippen LogP contribution in [0.4, 0.5) is 0 Å². The van der Waals surface area contributed by atoms with Gasteiger partial charge in [-0.2, -0.15) is 0 Å². The van der Waals surface area contributed by atoms with Gasteiger partial charge in [-0.05, 0) is 19.1 Å². The molecule has 0 saturated carbocycles. The number of pyridine rings is 1. The number of hydrogen-bond donors (Lipinski definition) is 2. The molecule has 2 amide bonds. The Bertz CT molecular complexity index is 779. The number of nitrogens with one attached hydrogen (secondary N) is 2. The number of likely N-dealkylation sites (N-methyl/N-ethyl adjacent to an activating group) is 1. The van der Waals surface area contributed by atoms with Crippen molar-refractivity contribution in [2.45, 2.75) is 6.92 Å². The van der Waals surface area contributed by atoms with E-state index in [0.29, 0.717) is 17.4 Å². The number of para-hydroxylation sites is 1. The molecule has 2 aromatic rings. The van der Waals surface area contributed by atoms with Crippen LogP contribution in [0, 0.1) is 0 Å². The number of halogens is 1. The van der Waals surface area contributed by atoms with E-state index in [0.717, 1.165) is 0 Å². The van der Waals surface area contributed by atoms with Gasteiger partial charge in [0.1, 0.15) is 5.15 Å². The Balaban J connectivity index is 1.98. The number of nitrogens with zero attached hydrogens (tertiary/aromatic N) is 1. The quantitative estimate of drug-likeness (QED) is 0.605. The van der Waals surface area contributed by atoms with Crippen molar-refractivity contribution in [3.8, 4) is 0 Å². The van der Waals surface area contributed by atoms with Gasteiger partial charge in [0.05, 0.1) is 17.6 Å². The fraction of sp³-hybridized carbons (Fsp3) is 0.250. The Kier molecular flexibility index (Phi) is 6.08. The van der Waals surface area contributed by atoms with Gasteiger partial charge in [-0.25, -0.2) is 9.78 Å². The lowest BCUT2D eigenvalue weighted by Crippen LogP contribution is -2.38. The van der Waals surface area contributed by atoms with Crippen LogP contribution in [0.5, 0.6) is 0 Å². The summed E-state index contributed by atoms with van der Waals surface area (Å²) in [7, 11) is 0. The average Bonchev–Trinajstić information content (AvgIpc) is 2.57. The van der Waals surface area contributed by atoms with Gasteiger partial charge < -0.3 is 15.4 Å². The highest BCUT2D eigenvalue weighted by molar-refractivity contribution is 6.30. The zero-order valence-corrected chi connectivity index (χ0v) is 13.7. The summed E-state index contributed by atoms with van der Waals surface area (Å²) in [5.74, 6) is -1.58. The summed E-state index contributed by atoms with van der Waals surface area (Å²) in [6, 6.07) is 8.35. The first-order chi connectivity index (χ1) is 11.5. The molecule has 8 heteroatoms. The standard InChI is InChI=1S/C16H16ClN3O4/c1-2-18-14(21)8-19-15(22)9-24-16(23)11-7-13(17)20-12-6-4-3-5-10(11)12/h3-7H,2,8-9H2,1H3,(H,18,21)(H,19,22). The number of hydrogen-bond acceptors (Lipinski definition) is 5. The fourth-order valence-corrected chi connectivity index (χ4v) is 2.21. The van der Waals surface area contributed by atoms with Crippen LogP contribution in [-0.4, -0.2) is 42.5 Å². The number of carbonyl (C=O) groups excluding carboxylic acids is 3. The van der Waals surface area contributed by atoms with Crippen LogP contribution < -0.4 is 10.6 Å². The highest BCUT2D eigenvalue weighted by Gasteiger charge is 2.15. The molecule has 0 aliphatic rings. The monoisotopic (exact) mass is 349 g/mol. The summed E-state index contributed by atoms with van der Waals surface area (Å²) in [5, 5.41) is 5.62. The molecule has 0 bridgehead atoms. The maximum absolute atomic E-state index is 12.2. The average molecular weight is 350 g/mol. The van der Waals surface area contributed by atoms with Crippen LogP contribution >= 0.6 is 11.6 Å². The third-order valence-electron chi connectivity index (χ3n) is 3.06. The summed E-state index contributed by atoms with van der Waals surface area (Å²) >= 11 is 5.90. The molecule has 0 spiro atoms. The molecular formula is C16H16ClN3O4. The smallest absolute Gasteiger partial charge is 0.339 e. The minimum absolute atomic E-state index is 0.154. The maximum Gasteiger partial charge on any atom is 0.339 e. The highest BCUT2D eigenvalue weighted by Crippen LogP contribution is 2.21. The van der Waals surface area contributed by atoms with Crippen molar-refractivity contribution < 1.29 is 19.1 Å². The number of esters is 1. The van der Waals surface area contributed by atoms with E-state index in [9.17, 15) is 14.4 Å². The number of aromatic nitrogens is 1. The Morgan fingerprint density at radius 3 is 2.67 bits per heavy atom. The Morgan fingerprint density at radius 1 is 1.17 bits per heavy atom. The summed E-state index contributed by atoms with van der Waals surface area (Å²) in [5.41, 5.74) is 0.778. The van der Waals surface area contributed by atoms with Gasteiger partial charge in [0, 0.05) is 11.9 Å². The molecule has 0 radical (unpaired) electrons. The van der Waals surface area contributed by atoms with Gasteiger partial charge in [-0.1, -0.05) is 29.8 Å². The second-order valence-electron chi connectivity index (χ2n) is 4.82. The Hall–Kier alpha value is -2.67. The lowest BCUT2D eigenvalue weighted by Gasteiger charge is -2.08. The molecule has 2 rings (SSSR count). The van der Waals surface area contributed by atoms with Crippen molar-refractivity contribution in [1.29, 1.82) is 0 Å². The number of rotatable bonds is 6. The van der Waals surface area contributed by atoms with Gasteiger partial charge in [0.15, 0.2) is 6.61 Å². The highest BCUT2D eigenvalue weighted by atomic mass is 35.5. The van der Waals surface area contributed by atoms with Crippen LogP contribution in [0.3, 0.4) is 0 Å². The molecule has 0 fully saturated rings. The number of carbonyl (C=O) groups is 3. The molecule has 0 saturated heterocycles. The van der Waals surface area contributed by atoms with Gasteiger partial charge in [-0.15, -0.1) is 0 Å². The molecule has 126 valence electrons. The normalized spacial score (nSPS) is 10.2. The van der Waals surface area contributed by atoms with E-state index in [1.807, 2.05) is 0 Å². The van der Waals surface area contributed by atoms with Crippen LogP contribution in [0.25, 0.3) is 10.9 Å². The van der Waals surface area contributed by atoms with E-state index in [4.69, 9.17) is 16.3 Å². The SMILES string of the molecule is CCNC(=O)CNC(=O)COC(=O)c1cc(Cl)nc2ccccc12. The second-order valence-corrected chi connectivity index (χ2v) is 5.20. The predicted molar refractivity (Wildman–Crippen MR) is 88.7 cm³/mol. The third-order valence-corrected chi connectivity index (χ3v) is 3.25. The molecule has 1 heterocycles. The summed E-state index contributed by atoms with van der Waals surface area (Å²) in [6.07, 6.45) is 0. The zero-order valence-electron chi connectivity index (χ0n) is 13.0. The van der Waals surface area contributed by atoms with Crippen LogP contribution in [0.2, 0.25) is 5.15 Å². The van der Waals surface area contributed by atoms with E-state index < -0.39 is 18.5 Å². The van der Waals surface area contributed by atoms with Crippen LogP contribution in [0.1, 0.15) is 17.3 Å². The topological polar surface area (TPSA) is 97.4 Å². The molecule has 2 N–H and O–H groups in total. The molecule has 1 aromatic carbocycles. The third kappa shape index (κ3) is 4.66. The van der Waals surface area contributed by atoms with Crippen molar-refractivity contribution in [1.82, 2.24) is 15.6 Å². The van der Waals surface area contributed by atoms with Gasteiger partial charge in [0.2, 0.25) is 5.91 Å². The molecular weight excluding hydrogens is 334 g/mol. The van der Waals surface area contributed by atoms with E-state index >= 15 is 0 Å². The molecule has 7 nitrogen and oxygen atoms in total. The van der Waals surface area contributed by atoms with E-state index in [-0.39, 0.29) is 23.2 Å². The first-order valence-corrected chi connectivity index (χ1v) is 7.65. The maximum atomic E-state index is 12.2. The summed E-state index contributed by atoms with van der Waals surface area (Å²) < 4.78 is 4.98. The molecule has 0 atom stereocenters. The molecule has 1 aromatic heterocycles. The number of fused-ring (bicyclic) bond motifs is 1. The minimum Gasteiger partial charge on any atom is -0.452 e. The van der Waals surface area contributed by atoms with Crippen LogP contribution in [-0.2, 0) is 14.3 Å². The van der Waals surface area contributed by atoms with E-state index in [1.54, 1.807) is 31.2 Å². The van der Waals surface area contributed by atoms with Crippen molar-refractivity contribution in [2.24, 2.45) is 0 Å². The Labute approximate surface area is 143 Å². The molecule has 0 unspecified atom stereocenters.